The molecule has 0 aromatic rings. The van der Waals surface area contributed by atoms with E-state index in [0.29, 0.717) is 5.92 Å². The molecule has 0 radical (unpaired) electrons. The Bertz CT molecular complexity index is 216. The summed E-state index contributed by atoms with van der Waals surface area (Å²) in [5.74, 6) is 0.575. The summed E-state index contributed by atoms with van der Waals surface area (Å²) in [4.78, 5) is 15.9. The Morgan fingerprint density at radius 1 is 1.40 bits per heavy atom. The van der Waals surface area contributed by atoms with Crippen molar-refractivity contribution in [3.8, 4) is 0 Å². The van der Waals surface area contributed by atoms with Crippen LogP contribution in [-0.4, -0.2) is 11.7 Å². The third-order valence-corrected chi connectivity index (χ3v) is 1.31. The lowest BCUT2D eigenvalue weighted by molar-refractivity contribution is 0.0185. The topological polar surface area (TPSA) is 47.6 Å². The van der Waals surface area contributed by atoms with Crippen molar-refractivity contribution in [2.24, 2.45) is 5.92 Å². The van der Waals surface area contributed by atoms with Crippen LogP contribution in [0.25, 0.3) is 0 Å². The molecule has 0 fully saturated rings. The second kappa shape index (κ2) is 6.32. The second-order valence-electron chi connectivity index (χ2n) is 4.72. The fraction of sp³-hybridized carbons (Fsp3) is 0.727. The average Bonchev–Trinajstić information content (AvgIpc) is 1.99. The zero-order valence-corrected chi connectivity index (χ0v) is 10.2. The number of hydrogen-bond acceptors (Lipinski definition) is 3. The zero-order chi connectivity index (χ0) is 11.9. The Balaban J connectivity index is 3.60. The highest BCUT2D eigenvalue weighted by molar-refractivity contribution is 5.66. The van der Waals surface area contributed by atoms with Crippen molar-refractivity contribution < 1.29 is 14.4 Å². The molecule has 4 nitrogen and oxygen atoms in total. The van der Waals surface area contributed by atoms with Crippen LogP contribution in [0.5, 0.6) is 0 Å². The molecular weight excluding hydrogens is 194 g/mol. The molecule has 0 saturated heterocycles. The Kier molecular flexibility index (Phi) is 5.82. The molecular formula is C11H21NO3. The quantitative estimate of drug-likeness (QED) is 0.579. The molecule has 0 heterocycles. The number of carbonyl (C=O) groups is 1. The number of rotatable bonds is 4. The normalized spacial score (nSPS) is 11.9. The van der Waals surface area contributed by atoms with Gasteiger partial charge in [-0.2, -0.15) is 5.48 Å². The van der Waals surface area contributed by atoms with E-state index < -0.39 is 11.7 Å². The van der Waals surface area contributed by atoms with Gasteiger partial charge in [0, 0.05) is 0 Å². The molecule has 15 heavy (non-hydrogen) atoms. The third-order valence-electron chi connectivity index (χ3n) is 1.31. The SMILES string of the molecule is CC(C)C/C=C\ONC(=O)OC(C)(C)C. The fourth-order valence-corrected chi connectivity index (χ4v) is 0.757. The summed E-state index contributed by atoms with van der Waals surface area (Å²) in [7, 11) is 0. The van der Waals surface area contributed by atoms with Crippen molar-refractivity contribution in [2.75, 3.05) is 0 Å². The highest BCUT2D eigenvalue weighted by Crippen LogP contribution is 2.06. The summed E-state index contributed by atoms with van der Waals surface area (Å²) in [6.07, 6.45) is 3.62. The number of allylic oxidation sites excluding steroid dienone is 1. The maximum atomic E-state index is 11.1. The predicted molar refractivity (Wildman–Crippen MR) is 59.0 cm³/mol. The Hall–Kier alpha value is -1.19. The summed E-state index contributed by atoms with van der Waals surface area (Å²) in [5, 5.41) is 0. The van der Waals surface area contributed by atoms with Gasteiger partial charge in [0.15, 0.2) is 0 Å². The molecule has 88 valence electrons. The second-order valence-corrected chi connectivity index (χ2v) is 4.72. The number of hydroxylamine groups is 1. The van der Waals surface area contributed by atoms with Gasteiger partial charge in [-0.1, -0.05) is 13.8 Å². The molecule has 0 bridgehead atoms. The van der Waals surface area contributed by atoms with Crippen LogP contribution >= 0.6 is 0 Å². The predicted octanol–water partition coefficient (Wildman–Crippen LogP) is 3.00. The Morgan fingerprint density at radius 3 is 2.47 bits per heavy atom. The standard InChI is InChI=1S/C11H21NO3/c1-9(2)7-6-8-14-12-10(13)15-11(3,4)5/h6,8-9H,7H2,1-5H3,(H,12,13)/b8-6-. The van der Waals surface area contributed by atoms with Gasteiger partial charge < -0.3 is 9.57 Å². The molecule has 1 amide bonds. The first-order valence-corrected chi connectivity index (χ1v) is 5.11. The summed E-state index contributed by atoms with van der Waals surface area (Å²) < 4.78 is 4.96. The molecule has 0 saturated carbocycles. The van der Waals surface area contributed by atoms with Gasteiger partial charge in [0.2, 0.25) is 0 Å². The molecule has 0 spiro atoms. The summed E-state index contributed by atoms with van der Waals surface area (Å²) in [6, 6.07) is 0. The summed E-state index contributed by atoms with van der Waals surface area (Å²) >= 11 is 0. The van der Waals surface area contributed by atoms with Crippen LogP contribution in [0.2, 0.25) is 0 Å². The lowest BCUT2D eigenvalue weighted by atomic mass is 10.1. The van der Waals surface area contributed by atoms with Crippen LogP contribution in [0.3, 0.4) is 0 Å². The molecule has 0 aromatic heterocycles. The van der Waals surface area contributed by atoms with E-state index in [-0.39, 0.29) is 0 Å². The first kappa shape index (κ1) is 13.8. The van der Waals surface area contributed by atoms with Gasteiger partial charge in [0.05, 0.1) is 0 Å². The van der Waals surface area contributed by atoms with Gasteiger partial charge in [0.1, 0.15) is 11.9 Å². The highest BCUT2D eigenvalue weighted by Gasteiger charge is 2.15. The molecule has 0 unspecified atom stereocenters. The van der Waals surface area contributed by atoms with E-state index in [4.69, 9.17) is 9.57 Å². The molecule has 0 aromatic carbocycles. The van der Waals surface area contributed by atoms with Gasteiger partial charge >= 0.3 is 6.09 Å². The Labute approximate surface area is 91.6 Å². The maximum Gasteiger partial charge on any atom is 0.441 e. The van der Waals surface area contributed by atoms with Crippen molar-refractivity contribution >= 4 is 6.09 Å². The summed E-state index contributed by atoms with van der Waals surface area (Å²) in [5.41, 5.74) is 1.66. The van der Waals surface area contributed by atoms with E-state index in [1.807, 2.05) is 6.08 Å². The van der Waals surface area contributed by atoms with Crippen LogP contribution in [0.1, 0.15) is 41.0 Å². The first-order chi connectivity index (χ1) is 6.81. The van der Waals surface area contributed by atoms with Crippen LogP contribution < -0.4 is 5.48 Å². The third kappa shape index (κ3) is 10.7. The van der Waals surface area contributed by atoms with Crippen LogP contribution in [0.4, 0.5) is 4.79 Å². The van der Waals surface area contributed by atoms with Crippen molar-refractivity contribution in [1.29, 1.82) is 0 Å². The van der Waals surface area contributed by atoms with Gasteiger partial charge in [-0.15, -0.1) is 0 Å². The summed E-state index contributed by atoms with van der Waals surface area (Å²) in [6.45, 7) is 9.58. The van der Waals surface area contributed by atoms with Gasteiger partial charge in [-0.3, -0.25) is 0 Å². The van der Waals surface area contributed by atoms with Crippen LogP contribution in [0.15, 0.2) is 12.3 Å². The average molecular weight is 215 g/mol. The van der Waals surface area contributed by atoms with E-state index in [9.17, 15) is 4.79 Å². The first-order valence-electron chi connectivity index (χ1n) is 5.11. The van der Waals surface area contributed by atoms with Crippen molar-refractivity contribution in [3.63, 3.8) is 0 Å². The highest BCUT2D eigenvalue weighted by atomic mass is 16.7. The van der Waals surface area contributed by atoms with Crippen molar-refractivity contribution in [3.05, 3.63) is 12.3 Å². The minimum absolute atomic E-state index is 0.505. The zero-order valence-electron chi connectivity index (χ0n) is 10.2. The van der Waals surface area contributed by atoms with Crippen LogP contribution in [0, 0.1) is 5.92 Å². The van der Waals surface area contributed by atoms with E-state index in [1.54, 1.807) is 20.8 Å². The van der Waals surface area contributed by atoms with E-state index in [0.717, 1.165) is 6.42 Å². The van der Waals surface area contributed by atoms with Crippen molar-refractivity contribution in [2.45, 2.75) is 46.6 Å². The molecule has 0 aliphatic heterocycles. The molecule has 0 aliphatic carbocycles. The number of hydrogen-bond donors (Lipinski definition) is 1. The molecule has 4 heteroatoms. The van der Waals surface area contributed by atoms with E-state index in [1.165, 1.54) is 6.26 Å². The van der Waals surface area contributed by atoms with Gasteiger partial charge in [0.25, 0.3) is 0 Å². The number of nitrogens with one attached hydrogen (secondary N) is 1. The van der Waals surface area contributed by atoms with Gasteiger partial charge in [-0.25, -0.2) is 4.79 Å². The largest absolute Gasteiger partial charge is 0.442 e. The number of amides is 1. The minimum atomic E-state index is -0.586. The number of ether oxygens (including phenoxy) is 1. The van der Waals surface area contributed by atoms with Crippen molar-refractivity contribution in [1.82, 2.24) is 5.48 Å². The molecule has 0 rings (SSSR count). The van der Waals surface area contributed by atoms with E-state index in [2.05, 4.69) is 19.3 Å². The molecule has 0 atom stereocenters. The lowest BCUT2D eigenvalue weighted by Crippen LogP contribution is -2.31. The van der Waals surface area contributed by atoms with Gasteiger partial charge in [-0.05, 0) is 39.2 Å². The lowest BCUT2D eigenvalue weighted by Gasteiger charge is -2.18. The molecule has 1 N–H and O–H groups in total. The van der Waals surface area contributed by atoms with Crippen LogP contribution in [-0.2, 0) is 9.57 Å². The molecule has 0 aliphatic rings. The fourth-order valence-electron chi connectivity index (χ4n) is 0.757. The Morgan fingerprint density at radius 2 is 2.00 bits per heavy atom. The minimum Gasteiger partial charge on any atom is -0.442 e. The smallest absolute Gasteiger partial charge is 0.441 e. The maximum absolute atomic E-state index is 11.1. The number of carbonyl (C=O) groups excluding carboxylic acids is 1. The van der Waals surface area contributed by atoms with E-state index >= 15 is 0 Å². The monoisotopic (exact) mass is 215 g/mol.